The molecule has 0 aliphatic rings. The number of rotatable bonds is 4. The molecule has 0 aliphatic carbocycles. The molecule has 132 valence electrons. The number of carbonyl (C=O) groups excluding carboxylic acids is 2. The summed E-state index contributed by atoms with van der Waals surface area (Å²) in [7, 11) is 0. The lowest BCUT2D eigenvalue weighted by Crippen LogP contribution is -2.14. The average Bonchev–Trinajstić information content (AvgIpc) is 2.99. The Morgan fingerprint density at radius 2 is 1.35 bits per heavy atom. The number of nitrogens with one attached hydrogen (secondary N) is 2. The highest BCUT2D eigenvalue weighted by Crippen LogP contribution is 2.16. The molecular formula is C20H19N3O3. The van der Waals surface area contributed by atoms with Gasteiger partial charge >= 0.3 is 0 Å². The molecule has 0 aliphatic heterocycles. The predicted molar refractivity (Wildman–Crippen MR) is 99.5 cm³/mol. The van der Waals surface area contributed by atoms with Gasteiger partial charge in [-0.15, -0.1) is 0 Å². The van der Waals surface area contributed by atoms with Gasteiger partial charge in [-0.2, -0.15) is 0 Å². The normalized spacial score (nSPS) is 10.4. The molecule has 0 bridgehead atoms. The third-order valence-corrected chi connectivity index (χ3v) is 3.76. The first-order chi connectivity index (χ1) is 12.4. The smallest absolute Gasteiger partial charge is 0.256 e. The van der Waals surface area contributed by atoms with E-state index >= 15 is 0 Å². The minimum absolute atomic E-state index is 0.228. The number of carbonyl (C=O) groups is 2. The molecule has 6 heteroatoms. The van der Waals surface area contributed by atoms with Crippen LogP contribution in [-0.2, 0) is 0 Å². The van der Waals surface area contributed by atoms with E-state index in [1.165, 1.54) is 0 Å². The summed E-state index contributed by atoms with van der Waals surface area (Å²) in [4.78, 5) is 24.6. The van der Waals surface area contributed by atoms with Crippen molar-refractivity contribution >= 4 is 23.3 Å². The van der Waals surface area contributed by atoms with Crippen molar-refractivity contribution in [3.05, 3.63) is 76.5 Å². The Kier molecular flexibility index (Phi) is 4.84. The number of anilines is 2. The van der Waals surface area contributed by atoms with Gasteiger partial charge in [0.05, 0.1) is 0 Å². The second-order valence-electron chi connectivity index (χ2n) is 6.18. The Bertz CT molecular complexity index is 938. The summed E-state index contributed by atoms with van der Waals surface area (Å²) in [6, 6.07) is 13.9. The van der Waals surface area contributed by atoms with Gasteiger partial charge in [-0.25, -0.2) is 0 Å². The van der Waals surface area contributed by atoms with Crippen LogP contribution in [0.3, 0.4) is 0 Å². The molecule has 3 rings (SSSR count). The maximum atomic E-state index is 12.4. The van der Waals surface area contributed by atoms with Crippen molar-refractivity contribution in [3.8, 4) is 0 Å². The molecule has 1 heterocycles. The van der Waals surface area contributed by atoms with Crippen molar-refractivity contribution in [3.63, 3.8) is 0 Å². The van der Waals surface area contributed by atoms with Gasteiger partial charge in [0.15, 0.2) is 5.82 Å². The SMILES string of the molecule is Cc1cc(C)cc(NC(=O)c2ccc(C(=O)Nc3cc(C)on3)cc2)c1. The molecule has 2 aromatic carbocycles. The highest BCUT2D eigenvalue weighted by atomic mass is 16.5. The van der Waals surface area contributed by atoms with Crippen molar-refractivity contribution in [2.75, 3.05) is 10.6 Å². The minimum atomic E-state index is -0.320. The number of hydrogen-bond acceptors (Lipinski definition) is 4. The van der Waals surface area contributed by atoms with Crippen LogP contribution in [0.2, 0.25) is 0 Å². The summed E-state index contributed by atoms with van der Waals surface area (Å²) in [5.74, 6) is 0.413. The van der Waals surface area contributed by atoms with Crippen LogP contribution in [0, 0.1) is 20.8 Å². The van der Waals surface area contributed by atoms with Gasteiger partial charge < -0.3 is 15.2 Å². The Morgan fingerprint density at radius 1 is 0.808 bits per heavy atom. The number of nitrogens with zero attached hydrogens (tertiary/aromatic N) is 1. The number of aromatic nitrogens is 1. The lowest BCUT2D eigenvalue weighted by atomic mass is 10.1. The minimum Gasteiger partial charge on any atom is -0.360 e. The first kappa shape index (κ1) is 17.4. The molecule has 0 spiro atoms. The van der Waals surface area contributed by atoms with Gasteiger partial charge in [0.25, 0.3) is 11.8 Å². The van der Waals surface area contributed by atoms with E-state index in [-0.39, 0.29) is 11.8 Å². The molecular weight excluding hydrogens is 330 g/mol. The zero-order valence-corrected chi connectivity index (χ0v) is 14.8. The third-order valence-electron chi connectivity index (χ3n) is 3.76. The molecule has 2 N–H and O–H groups in total. The van der Waals surface area contributed by atoms with Gasteiger partial charge in [0, 0.05) is 22.9 Å². The van der Waals surface area contributed by atoms with E-state index in [0.717, 1.165) is 16.8 Å². The van der Waals surface area contributed by atoms with Crippen LogP contribution >= 0.6 is 0 Å². The Balaban J connectivity index is 1.68. The van der Waals surface area contributed by atoms with E-state index < -0.39 is 0 Å². The van der Waals surface area contributed by atoms with Crippen LogP contribution < -0.4 is 10.6 Å². The average molecular weight is 349 g/mol. The Hall–Kier alpha value is -3.41. The highest BCUT2D eigenvalue weighted by molar-refractivity contribution is 6.07. The molecule has 0 fully saturated rings. The summed E-state index contributed by atoms with van der Waals surface area (Å²) in [5, 5.41) is 9.22. The van der Waals surface area contributed by atoms with E-state index in [1.807, 2.05) is 32.0 Å². The lowest BCUT2D eigenvalue weighted by molar-refractivity contribution is 0.101. The van der Waals surface area contributed by atoms with Crippen molar-refractivity contribution < 1.29 is 14.1 Å². The maximum Gasteiger partial charge on any atom is 0.256 e. The number of hydrogen-bond donors (Lipinski definition) is 2. The largest absolute Gasteiger partial charge is 0.360 e. The second kappa shape index (κ2) is 7.23. The molecule has 6 nitrogen and oxygen atoms in total. The molecule has 0 saturated heterocycles. The highest BCUT2D eigenvalue weighted by Gasteiger charge is 2.11. The summed E-state index contributed by atoms with van der Waals surface area (Å²) in [6.07, 6.45) is 0. The molecule has 1 aromatic heterocycles. The fraction of sp³-hybridized carbons (Fsp3) is 0.150. The topological polar surface area (TPSA) is 84.2 Å². The third kappa shape index (κ3) is 4.16. The quantitative estimate of drug-likeness (QED) is 0.742. The van der Waals surface area contributed by atoms with Crippen LogP contribution in [-0.4, -0.2) is 17.0 Å². The maximum absolute atomic E-state index is 12.4. The molecule has 3 aromatic rings. The molecule has 0 atom stereocenters. The van der Waals surface area contributed by atoms with E-state index in [2.05, 4.69) is 15.8 Å². The van der Waals surface area contributed by atoms with E-state index in [4.69, 9.17) is 4.52 Å². The summed E-state index contributed by atoms with van der Waals surface area (Å²) < 4.78 is 4.91. The molecule has 2 amide bonds. The van der Waals surface area contributed by atoms with Crippen molar-refractivity contribution in [2.45, 2.75) is 20.8 Å². The van der Waals surface area contributed by atoms with Crippen LogP contribution in [0.25, 0.3) is 0 Å². The van der Waals surface area contributed by atoms with Crippen LogP contribution in [0.15, 0.2) is 53.1 Å². The van der Waals surface area contributed by atoms with Crippen LogP contribution in [0.4, 0.5) is 11.5 Å². The van der Waals surface area contributed by atoms with E-state index in [9.17, 15) is 9.59 Å². The predicted octanol–water partition coefficient (Wildman–Crippen LogP) is 4.10. The van der Waals surface area contributed by atoms with Crippen molar-refractivity contribution in [2.24, 2.45) is 0 Å². The fourth-order valence-corrected chi connectivity index (χ4v) is 2.64. The zero-order valence-electron chi connectivity index (χ0n) is 14.8. The molecule has 0 unspecified atom stereocenters. The van der Waals surface area contributed by atoms with Gasteiger partial charge in [-0.3, -0.25) is 9.59 Å². The standard InChI is InChI=1S/C20H19N3O3/c1-12-8-13(2)10-17(9-12)21-19(24)15-4-6-16(7-5-15)20(25)22-18-11-14(3)26-23-18/h4-11H,1-3H3,(H,21,24)(H,22,23,25). The lowest BCUT2D eigenvalue weighted by Gasteiger charge is -2.08. The zero-order chi connectivity index (χ0) is 18.7. The first-order valence-electron chi connectivity index (χ1n) is 8.15. The molecule has 26 heavy (non-hydrogen) atoms. The second-order valence-corrected chi connectivity index (χ2v) is 6.18. The van der Waals surface area contributed by atoms with Crippen molar-refractivity contribution in [1.82, 2.24) is 5.16 Å². The van der Waals surface area contributed by atoms with Gasteiger partial charge in [-0.1, -0.05) is 11.2 Å². The van der Waals surface area contributed by atoms with Gasteiger partial charge in [0.1, 0.15) is 5.76 Å². The summed E-state index contributed by atoms with van der Waals surface area (Å²) >= 11 is 0. The molecule has 0 radical (unpaired) electrons. The first-order valence-corrected chi connectivity index (χ1v) is 8.15. The Labute approximate surface area is 151 Å². The fourth-order valence-electron chi connectivity index (χ4n) is 2.64. The number of benzene rings is 2. The van der Waals surface area contributed by atoms with Crippen LogP contribution in [0.5, 0.6) is 0 Å². The van der Waals surface area contributed by atoms with Gasteiger partial charge in [0.2, 0.25) is 0 Å². The van der Waals surface area contributed by atoms with E-state index in [1.54, 1.807) is 37.3 Å². The van der Waals surface area contributed by atoms with Gasteiger partial charge in [-0.05, 0) is 68.3 Å². The van der Waals surface area contributed by atoms with Crippen LogP contribution in [0.1, 0.15) is 37.6 Å². The number of aryl methyl sites for hydroxylation is 3. The monoisotopic (exact) mass is 349 g/mol. The summed E-state index contributed by atoms with van der Waals surface area (Å²) in [6.45, 7) is 5.70. The summed E-state index contributed by atoms with van der Waals surface area (Å²) in [5.41, 5.74) is 3.80. The van der Waals surface area contributed by atoms with E-state index in [0.29, 0.717) is 22.7 Å². The number of amides is 2. The Morgan fingerprint density at radius 3 is 1.85 bits per heavy atom. The van der Waals surface area contributed by atoms with Crippen molar-refractivity contribution in [1.29, 1.82) is 0 Å². The molecule has 0 saturated carbocycles.